The van der Waals surface area contributed by atoms with Gasteiger partial charge in [-0.25, -0.2) is 13.1 Å². The zero-order valence-electron chi connectivity index (χ0n) is 11.1. The Bertz CT molecular complexity index is 532. The first-order chi connectivity index (χ1) is 8.87. The Morgan fingerprint density at radius 3 is 2.63 bits per heavy atom. The molecule has 1 aliphatic rings. The van der Waals surface area contributed by atoms with E-state index in [1.165, 1.54) is 6.07 Å². The molecule has 2 rings (SSSR count). The molecule has 1 aromatic rings. The maximum absolute atomic E-state index is 12.1. The van der Waals surface area contributed by atoms with Gasteiger partial charge in [0.25, 0.3) is 10.0 Å². The summed E-state index contributed by atoms with van der Waals surface area (Å²) in [5.74, 6) is 0.572. The third kappa shape index (κ3) is 3.56. The van der Waals surface area contributed by atoms with Crippen LogP contribution in [0.3, 0.4) is 0 Å². The summed E-state index contributed by atoms with van der Waals surface area (Å²) in [4.78, 5) is 0. The van der Waals surface area contributed by atoms with Crippen LogP contribution in [0.4, 0.5) is 0 Å². The molecule has 0 atom stereocenters. The van der Waals surface area contributed by atoms with Gasteiger partial charge in [0.15, 0.2) is 0 Å². The third-order valence-electron chi connectivity index (χ3n) is 3.09. The lowest BCUT2D eigenvalue weighted by Gasteiger charge is -2.12. The summed E-state index contributed by atoms with van der Waals surface area (Å²) in [6, 6.07) is 3.38. The molecule has 19 heavy (non-hydrogen) atoms. The van der Waals surface area contributed by atoms with Gasteiger partial charge < -0.3 is 14.8 Å². The molecule has 0 aromatic carbocycles. The fraction of sp³-hybridized carbons (Fsp3) is 0.667. The molecule has 3 N–H and O–H groups in total. The molecule has 1 aromatic heterocycles. The molecular formula is C12H20N2O4S. The molecule has 0 saturated heterocycles. The van der Waals surface area contributed by atoms with Gasteiger partial charge in [0, 0.05) is 6.04 Å². The summed E-state index contributed by atoms with van der Waals surface area (Å²) < 4.78 is 31.9. The second-order valence-electron chi connectivity index (χ2n) is 5.30. The van der Waals surface area contributed by atoms with Crippen LogP contribution in [0.15, 0.2) is 21.6 Å². The summed E-state index contributed by atoms with van der Waals surface area (Å²) in [6.45, 7) is 4.30. The lowest BCUT2D eigenvalue weighted by Crippen LogP contribution is -2.39. The van der Waals surface area contributed by atoms with Crippen molar-refractivity contribution in [2.45, 2.75) is 49.9 Å². The van der Waals surface area contributed by atoms with Crippen LogP contribution in [0.2, 0.25) is 0 Å². The minimum absolute atomic E-state index is 0.104. The van der Waals surface area contributed by atoms with Gasteiger partial charge in [-0.1, -0.05) is 13.8 Å². The van der Waals surface area contributed by atoms with E-state index in [-0.39, 0.29) is 11.7 Å². The molecule has 0 amide bonds. The van der Waals surface area contributed by atoms with Crippen molar-refractivity contribution < 1.29 is 17.9 Å². The fourth-order valence-electron chi connectivity index (χ4n) is 1.68. The molecular weight excluding hydrogens is 268 g/mol. The summed E-state index contributed by atoms with van der Waals surface area (Å²) in [5, 5.41) is 12.2. The quantitative estimate of drug-likeness (QED) is 0.682. The summed E-state index contributed by atoms with van der Waals surface area (Å²) in [7, 11) is -3.69. The first-order valence-corrected chi connectivity index (χ1v) is 7.82. The van der Waals surface area contributed by atoms with Crippen molar-refractivity contribution in [2.75, 3.05) is 6.61 Å². The Morgan fingerprint density at radius 2 is 2.11 bits per heavy atom. The molecule has 1 heterocycles. The molecule has 1 fully saturated rings. The SMILES string of the molecule is CC(C)NCc1ccc(S(=O)(=O)NC2(CO)CC2)o1. The Morgan fingerprint density at radius 1 is 1.42 bits per heavy atom. The lowest BCUT2D eigenvalue weighted by molar-refractivity contribution is 0.245. The van der Waals surface area contributed by atoms with E-state index in [0.717, 1.165) is 0 Å². The zero-order valence-corrected chi connectivity index (χ0v) is 12.0. The van der Waals surface area contributed by atoms with Gasteiger partial charge in [0.1, 0.15) is 5.76 Å². The van der Waals surface area contributed by atoms with E-state index in [1.807, 2.05) is 13.8 Å². The second kappa shape index (κ2) is 5.24. The van der Waals surface area contributed by atoms with E-state index in [2.05, 4.69) is 10.0 Å². The van der Waals surface area contributed by atoms with Gasteiger partial charge in [0.2, 0.25) is 5.09 Å². The molecule has 0 aliphatic heterocycles. The van der Waals surface area contributed by atoms with Crippen molar-refractivity contribution in [1.29, 1.82) is 0 Å². The van der Waals surface area contributed by atoms with Crippen LogP contribution in [-0.4, -0.2) is 31.7 Å². The minimum Gasteiger partial charge on any atom is -0.447 e. The molecule has 6 nitrogen and oxygen atoms in total. The van der Waals surface area contributed by atoms with E-state index in [4.69, 9.17) is 9.52 Å². The van der Waals surface area contributed by atoms with Crippen molar-refractivity contribution in [3.05, 3.63) is 17.9 Å². The van der Waals surface area contributed by atoms with Gasteiger partial charge in [-0.15, -0.1) is 0 Å². The molecule has 0 bridgehead atoms. The van der Waals surface area contributed by atoms with Crippen LogP contribution in [0.1, 0.15) is 32.4 Å². The van der Waals surface area contributed by atoms with Crippen molar-refractivity contribution in [2.24, 2.45) is 0 Å². The summed E-state index contributed by atoms with van der Waals surface area (Å²) in [6.07, 6.45) is 1.32. The maximum atomic E-state index is 12.1. The van der Waals surface area contributed by atoms with Crippen molar-refractivity contribution in [3.63, 3.8) is 0 Å². The number of furan rings is 1. The first kappa shape index (κ1) is 14.5. The number of nitrogens with one attached hydrogen (secondary N) is 2. The topological polar surface area (TPSA) is 91.6 Å². The highest BCUT2D eigenvalue weighted by Crippen LogP contribution is 2.36. The highest BCUT2D eigenvalue weighted by molar-refractivity contribution is 7.89. The predicted molar refractivity (Wildman–Crippen MR) is 70.1 cm³/mol. The molecule has 108 valence electrons. The van der Waals surface area contributed by atoms with Gasteiger partial charge >= 0.3 is 0 Å². The van der Waals surface area contributed by atoms with Crippen LogP contribution in [-0.2, 0) is 16.6 Å². The first-order valence-electron chi connectivity index (χ1n) is 6.34. The monoisotopic (exact) mass is 288 g/mol. The van der Waals surface area contributed by atoms with Crippen molar-refractivity contribution in [3.8, 4) is 0 Å². The molecule has 0 radical (unpaired) electrons. The normalized spacial score (nSPS) is 17.9. The van der Waals surface area contributed by atoms with E-state index in [9.17, 15) is 8.42 Å². The third-order valence-corrected chi connectivity index (χ3v) is 4.54. The average molecular weight is 288 g/mol. The number of hydrogen-bond donors (Lipinski definition) is 3. The molecule has 7 heteroatoms. The fourth-order valence-corrected chi connectivity index (χ4v) is 3.08. The lowest BCUT2D eigenvalue weighted by atomic mass is 10.3. The van der Waals surface area contributed by atoms with E-state index in [0.29, 0.717) is 31.2 Å². The van der Waals surface area contributed by atoms with Crippen LogP contribution < -0.4 is 10.0 Å². The summed E-state index contributed by atoms with van der Waals surface area (Å²) in [5.41, 5.74) is -0.679. The van der Waals surface area contributed by atoms with E-state index >= 15 is 0 Å². The Kier molecular flexibility index (Phi) is 4.00. The number of sulfonamides is 1. The number of hydrogen-bond acceptors (Lipinski definition) is 5. The number of rotatable bonds is 7. The van der Waals surface area contributed by atoms with Gasteiger partial charge in [-0.3, -0.25) is 0 Å². The van der Waals surface area contributed by atoms with Gasteiger partial charge in [-0.05, 0) is 25.0 Å². The molecule has 1 saturated carbocycles. The van der Waals surface area contributed by atoms with Crippen LogP contribution in [0.25, 0.3) is 0 Å². The molecule has 0 unspecified atom stereocenters. The van der Waals surface area contributed by atoms with Gasteiger partial charge in [0.05, 0.1) is 18.7 Å². The summed E-state index contributed by atoms with van der Waals surface area (Å²) >= 11 is 0. The zero-order chi connectivity index (χ0) is 14.1. The van der Waals surface area contributed by atoms with Gasteiger partial charge in [-0.2, -0.15) is 0 Å². The minimum atomic E-state index is -3.69. The van der Waals surface area contributed by atoms with Crippen LogP contribution >= 0.6 is 0 Å². The van der Waals surface area contributed by atoms with Crippen molar-refractivity contribution >= 4 is 10.0 Å². The highest BCUT2D eigenvalue weighted by Gasteiger charge is 2.46. The number of aliphatic hydroxyl groups is 1. The smallest absolute Gasteiger partial charge is 0.274 e. The average Bonchev–Trinajstić information content (AvgIpc) is 2.92. The Balaban J connectivity index is 2.04. The van der Waals surface area contributed by atoms with E-state index in [1.54, 1.807) is 6.07 Å². The largest absolute Gasteiger partial charge is 0.447 e. The highest BCUT2D eigenvalue weighted by atomic mass is 32.2. The van der Waals surface area contributed by atoms with E-state index < -0.39 is 15.6 Å². The van der Waals surface area contributed by atoms with Crippen LogP contribution in [0.5, 0.6) is 0 Å². The Hall–Kier alpha value is -0.890. The number of aliphatic hydroxyl groups excluding tert-OH is 1. The standard InChI is InChI=1S/C12H20N2O4S/c1-9(2)13-7-10-3-4-11(18-10)19(16,17)14-12(8-15)5-6-12/h3-4,9,13-15H,5-8H2,1-2H3. The van der Waals surface area contributed by atoms with Crippen LogP contribution in [0, 0.1) is 0 Å². The van der Waals surface area contributed by atoms with Crippen molar-refractivity contribution in [1.82, 2.24) is 10.0 Å². The second-order valence-corrected chi connectivity index (χ2v) is 6.91. The Labute approximate surface area is 113 Å². The molecule has 1 aliphatic carbocycles. The predicted octanol–water partition coefficient (Wildman–Crippen LogP) is 0.581. The molecule has 0 spiro atoms. The maximum Gasteiger partial charge on any atom is 0.274 e.